The van der Waals surface area contributed by atoms with E-state index in [0.29, 0.717) is 17.3 Å². The zero-order valence-corrected chi connectivity index (χ0v) is 16.8. The van der Waals surface area contributed by atoms with Crippen LogP contribution >= 0.6 is 11.6 Å². The first-order chi connectivity index (χ1) is 14.3. The number of benzene rings is 2. The van der Waals surface area contributed by atoms with Crippen LogP contribution in [0.3, 0.4) is 0 Å². The Labute approximate surface area is 176 Å². The highest BCUT2D eigenvalue weighted by molar-refractivity contribution is 6.31. The Morgan fingerprint density at radius 3 is 2.67 bits per heavy atom. The summed E-state index contributed by atoms with van der Waals surface area (Å²) in [4.78, 5) is 28.1. The summed E-state index contributed by atoms with van der Waals surface area (Å²) < 4.78 is 1.51. The molecule has 0 bridgehead atoms. The van der Waals surface area contributed by atoms with Crippen molar-refractivity contribution < 1.29 is 9.72 Å². The zero-order valence-electron chi connectivity index (χ0n) is 16.1. The van der Waals surface area contributed by atoms with Gasteiger partial charge in [0.15, 0.2) is 5.82 Å². The van der Waals surface area contributed by atoms with E-state index in [1.807, 2.05) is 37.3 Å². The number of nitro benzene ring substituents is 1. The summed E-state index contributed by atoms with van der Waals surface area (Å²) >= 11 is 5.84. The van der Waals surface area contributed by atoms with Crippen LogP contribution in [0, 0.1) is 24.0 Å². The number of carbonyl (C=O) groups is 1. The third-order valence-corrected chi connectivity index (χ3v) is 4.84. The predicted octanol–water partition coefficient (Wildman–Crippen LogP) is 4.85. The van der Waals surface area contributed by atoms with Crippen LogP contribution < -0.4 is 5.32 Å². The SMILES string of the molecule is Cc1cc(NC(=O)c2ccc(Cl)cc2[N+](=O)[O-])n(-c2cc(C)c3ccccc3n2)n1. The molecule has 2 aromatic carbocycles. The molecule has 1 amide bonds. The summed E-state index contributed by atoms with van der Waals surface area (Å²) in [5.74, 6) is 0.237. The monoisotopic (exact) mass is 421 g/mol. The molecule has 4 rings (SSSR count). The lowest BCUT2D eigenvalue weighted by Gasteiger charge is -2.11. The normalized spacial score (nSPS) is 10.9. The van der Waals surface area contributed by atoms with E-state index in [1.165, 1.54) is 16.8 Å². The second-order valence-corrected chi connectivity index (χ2v) is 7.21. The van der Waals surface area contributed by atoms with Gasteiger partial charge in [-0.2, -0.15) is 9.78 Å². The van der Waals surface area contributed by atoms with E-state index < -0.39 is 10.8 Å². The quantitative estimate of drug-likeness (QED) is 0.374. The molecular formula is C21H16ClN5O3. The molecule has 2 aromatic heterocycles. The summed E-state index contributed by atoms with van der Waals surface area (Å²) in [6.45, 7) is 3.75. The summed E-state index contributed by atoms with van der Waals surface area (Å²) in [5.41, 5.74) is 1.99. The number of aromatic nitrogens is 3. The summed E-state index contributed by atoms with van der Waals surface area (Å²) in [6, 6.07) is 15.2. The van der Waals surface area contributed by atoms with Crippen molar-refractivity contribution in [3.8, 4) is 5.82 Å². The molecule has 30 heavy (non-hydrogen) atoms. The molecule has 0 saturated carbocycles. The lowest BCUT2D eigenvalue weighted by molar-refractivity contribution is -0.385. The molecule has 0 radical (unpaired) electrons. The molecule has 1 N–H and O–H groups in total. The minimum absolute atomic E-state index is 0.0996. The Morgan fingerprint density at radius 1 is 1.13 bits per heavy atom. The molecule has 8 nitrogen and oxygen atoms in total. The Hall–Kier alpha value is -3.78. The first-order valence-corrected chi connectivity index (χ1v) is 9.40. The molecule has 0 unspecified atom stereocenters. The van der Waals surface area contributed by atoms with Gasteiger partial charge in [0, 0.05) is 22.5 Å². The van der Waals surface area contributed by atoms with E-state index in [-0.39, 0.29) is 16.3 Å². The number of carbonyl (C=O) groups excluding carboxylic acids is 1. The number of para-hydroxylation sites is 1. The molecule has 150 valence electrons. The smallest absolute Gasteiger partial charge is 0.283 e. The van der Waals surface area contributed by atoms with Crippen LogP contribution in [0.2, 0.25) is 5.02 Å². The van der Waals surface area contributed by atoms with Crippen LogP contribution in [0.5, 0.6) is 0 Å². The first kappa shape index (κ1) is 19.5. The lowest BCUT2D eigenvalue weighted by atomic mass is 10.1. The number of hydrogen-bond acceptors (Lipinski definition) is 5. The number of aryl methyl sites for hydroxylation is 2. The highest BCUT2D eigenvalue weighted by atomic mass is 35.5. The van der Waals surface area contributed by atoms with Gasteiger partial charge in [-0.05, 0) is 43.7 Å². The van der Waals surface area contributed by atoms with E-state index in [4.69, 9.17) is 11.6 Å². The average molecular weight is 422 g/mol. The second kappa shape index (κ2) is 7.57. The Bertz CT molecular complexity index is 1320. The summed E-state index contributed by atoms with van der Waals surface area (Å²) in [5, 5.41) is 19.7. The van der Waals surface area contributed by atoms with Gasteiger partial charge in [0.2, 0.25) is 0 Å². The van der Waals surface area contributed by atoms with Crippen LogP contribution in [0.1, 0.15) is 21.6 Å². The highest BCUT2D eigenvalue weighted by Crippen LogP contribution is 2.26. The number of amides is 1. The lowest BCUT2D eigenvalue weighted by Crippen LogP contribution is -2.17. The number of nitro groups is 1. The van der Waals surface area contributed by atoms with Crippen molar-refractivity contribution in [3.05, 3.63) is 86.6 Å². The first-order valence-electron chi connectivity index (χ1n) is 9.02. The van der Waals surface area contributed by atoms with Gasteiger partial charge in [-0.15, -0.1) is 0 Å². The fraction of sp³-hybridized carbons (Fsp3) is 0.0952. The molecule has 0 atom stereocenters. The maximum absolute atomic E-state index is 12.8. The molecule has 0 aliphatic carbocycles. The molecule has 0 aliphatic rings. The maximum Gasteiger partial charge on any atom is 0.283 e. The molecule has 0 spiro atoms. The largest absolute Gasteiger partial charge is 0.306 e. The molecule has 0 fully saturated rings. The van der Waals surface area contributed by atoms with E-state index in [0.717, 1.165) is 22.5 Å². The molecule has 0 aliphatic heterocycles. The number of fused-ring (bicyclic) bond motifs is 1. The number of pyridine rings is 1. The van der Waals surface area contributed by atoms with Gasteiger partial charge in [-0.25, -0.2) is 4.98 Å². The predicted molar refractivity (Wildman–Crippen MR) is 114 cm³/mol. The second-order valence-electron chi connectivity index (χ2n) is 6.77. The third kappa shape index (κ3) is 3.60. The third-order valence-electron chi connectivity index (χ3n) is 4.60. The van der Waals surface area contributed by atoms with Gasteiger partial charge in [-0.1, -0.05) is 29.8 Å². The molecular weight excluding hydrogens is 406 g/mol. The van der Waals surface area contributed by atoms with Gasteiger partial charge < -0.3 is 5.32 Å². The fourth-order valence-corrected chi connectivity index (χ4v) is 3.40. The molecule has 4 aromatic rings. The van der Waals surface area contributed by atoms with Crippen molar-refractivity contribution in [2.75, 3.05) is 5.32 Å². The topological polar surface area (TPSA) is 103 Å². The molecule has 9 heteroatoms. The van der Waals surface area contributed by atoms with Crippen molar-refractivity contribution in [2.24, 2.45) is 0 Å². The van der Waals surface area contributed by atoms with Crippen LogP contribution in [-0.2, 0) is 0 Å². The summed E-state index contributed by atoms with van der Waals surface area (Å²) in [6.07, 6.45) is 0. The van der Waals surface area contributed by atoms with E-state index in [1.54, 1.807) is 13.0 Å². The number of halogens is 1. The van der Waals surface area contributed by atoms with Gasteiger partial charge in [0.05, 0.1) is 16.1 Å². The van der Waals surface area contributed by atoms with Crippen LogP contribution in [0.4, 0.5) is 11.5 Å². The molecule has 0 saturated heterocycles. The maximum atomic E-state index is 12.8. The van der Waals surface area contributed by atoms with Gasteiger partial charge in [0.1, 0.15) is 11.4 Å². The average Bonchev–Trinajstić information content (AvgIpc) is 3.07. The van der Waals surface area contributed by atoms with Gasteiger partial charge in [-0.3, -0.25) is 14.9 Å². The highest BCUT2D eigenvalue weighted by Gasteiger charge is 2.22. The van der Waals surface area contributed by atoms with E-state index in [2.05, 4.69) is 15.4 Å². The Kier molecular flexibility index (Phi) is 4.93. The number of anilines is 1. The number of nitrogens with one attached hydrogen (secondary N) is 1. The van der Waals surface area contributed by atoms with Gasteiger partial charge >= 0.3 is 0 Å². The van der Waals surface area contributed by atoms with Crippen molar-refractivity contribution in [3.63, 3.8) is 0 Å². The van der Waals surface area contributed by atoms with Crippen LogP contribution in [0.25, 0.3) is 16.7 Å². The Morgan fingerprint density at radius 2 is 1.90 bits per heavy atom. The van der Waals surface area contributed by atoms with E-state index in [9.17, 15) is 14.9 Å². The minimum Gasteiger partial charge on any atom is -0.306 e. The number of rotatable bonds is 4. The van der Waals surface area contributed by atoms with Crippen molar-refractivity contribution in [1.29, 1.82) is 0 Å². The summed E-state index contributed by atoms with van der Waals surface area (Å²) in [7, 11) is 0. The van der Waals surface area contributed by atoms with E-state index >= 15 is 0 Å². The van der Waals surface area contributed by atoms with Crippen molar-refractivity contribution >= 4 is 39.9 Å². The minimum atomic E-state index is -0.642. The van der Waals surface area contributed by atoms with Crippen molar-refractivity contribution in [1.82, 2.24) is 14.8 Å². The van der Waals surface area contributed by atoms with Crippen molar-refractivity contribution in [2.45, 2.75) is 13.8 Å². The molecule has 2 heterocycles. The zero-order chi connectivity index (χ0) is 21.4. The fourth-order valence-electron chi connectivity index (χ4n) is 3.23. The van der Waals surface area contributed by atoms with Crippen LogP contribution in [-0.4, -0.2) is 25.6 Å². The Balaban J connectivity index is 1.75. The number of nitrogens with zero attached hydrogens (tertiary/aromatic N) is 4. The number of hydrogen-bond donors (Lipinski definition) is 1. The van der Waals surface area contributed by atoms with Crippen LogP contribution in [0.15, 0.2) is 54.6 Å². The standard InChI is InChI=1S/C21H16ClN5O3/c1-12-9-19(23-17-6-4-3-5-15(12)17)26-20(10-13(2)25-26)24-21(28)16-8-7-14(22)11-18(16)27(29)30/h3-11H,1-2H3,(H,24,28). The van der Waals surface area contributed by atoms with Gasteiger partial charge in [0.25, 0.3) is 11.6 Å².